The Bertz CT molecular complexity index is 794. The largest absolute Gasteiger partial charge is 0.299 e. The molecule has 0 bridgehead atoms. The molecule has 0 saturated carbocycles. The van der Waals surface area contributed by atoms with Gasteiger partial charge in [0.15, 0.2) is 0 Å². The normalized spacial score (nSPS) is 13.5. The van der Waals surface area contributed by atoms with Crippen LogP contribution < -0.4 is 5.32 Å². The molecule has 1 aliphatic rings. The highest BCUT2D eigenvalue weighted by Crippen LogP contribution is 2.28. The predicted molar refractivity (Wildman–Crippen MR) is 93.7 cm³/mol. The van der Waals surface area contributed by atoms with Crippen LogP contribution in [0, 0.1) is 0 Å². The molecule has 0 spiro atoms. The Morgan fingerprint density at radius 2 is 1.72 bits per heavy atom. The lowest BCUT2D eigenvalue weighted by Gasteiger charge is -2.12. The molecule has 0 radical (unpaired) electrons. The summed E-state index contributed by atoms with van der Waals surface area (Å²) in [5.41, 5.74) is 0.652. The second kappa shape index (κ2) is 7.10. The van der Waals surface area contributed by atoms with Gasteiger partial charge in [-0.3, -0.25) is 24.6 Å². The van der Waals surface area contributed by atoms with Gasteiger partial charge in [-0.1, -0.05) is 37.3 Å². The number of aromatic nitrogens is 2. The Hall–Kier alpha value is -2.61. The third kappa shape index (κ3) is 3.30. The first-order chi connectivity index (χ1) is 12.0. The van der Waals surface area contributed by atoms with Crippen LogP contribution in [0.5, 0.6) is 0 Å². The number of rotatable bonds is 6. The Morgan fingerprint density at radius 1 is 1.12 bits per heavy atom. The second-order valence-corrected chi connectivity index (χ2v) is 6.76. The number of fused-ring (bicyclic) bond motifs is 1. The molecule has 0 saturated heterocycles. The Balaban J connectivity index is 1.66. The zero-order valence-electron chi connectivity index (χ0n) is 14.0. The lowest BCUT2D eigenvalue weighted by atomic mass is 10.1. The number of amides is 3. The molecule has 1 aromatic carbocycles. The fraction of sp³-hybridized carbons (Fsp3) is 0.353. The van der Waals surface area contributed by atoms with Crippen molar-refractivity contribution in [3.8, 4) is 0 Å². The highest BCUT2D eigenvalue weighted by Gasteiger charge is 2.36. The number of nitrogens with one attached hydrogen (secondary N) is 1. The van der Waals surface area contributed by atoms with Crippen molar-refractivity contribution in [1.82, 2.24) is 15.1 Å². The van der Waals surface area contributed by atoms with Gasteiger partial charge in [0, 0.05) is 5.92 Å². The fourth-order valence-electron chi connectivity index (χ4n) is 2.77. The second-order valence-electron chi connectivity index (χ2n) is 5.75. The number of hydrogen-bond acceptors (Lipinski definition) is 6. The van der Waals surface area contributed by atoms with Gasteiger partial charge in [-0.2, -0.15) is 0 Å². The lowest BCUT2D eigenvalue weighted by Crippen LogP contribution is -2.37. The van der Waals surface area contributed by atoms with Crippen LogP contribution in [0.15, 0.2) is 24.3 Å². The van der Waals surface area contributed by atoms with E-state index in [1.807, 2.05) is 0 Å². The van der Waals surface area contributed by atoms with Crippen molar-refractivity contribution in [2.75, 3.05) is 11.9 Å². The van der Waals surface area contributed by atoms with Crippen molar-refractivity contribution in [1.29, 1.82) is 0 Å². The van der Waals surface area contributed by atoms with Gasteiger partial charge in [0.1, 0.15) is 11.6 Å². The molecule has 130 valence electrons. The van der Waals surface area contributed by atoms with Crippen LogP contribution >= 0.6 is 11.3 Å². The van der Waals surface area contributed by atoms with Crippen LogP contribution in [0.1, 0.15) is 58.3 Å². The van der Waals surface area contributed by atoms with E-state index < -0.39 is 17.7 Å². The molecular formula is C17H18N4O3S. The van der Waals surface area contributed by atoms with Gasteiger partial charge in [0.25, 0.3) is 11.8 Å². The molecule has 3 rings (SSSR count). The van der Waals surface area contributed by atoms with E-state index in [4.69, 9.17) is 0 Å². The number of anilines is 1. The zero-order chi connectivity index (χ0) is 18.0. The summed E-state index contributed by atoms with van der Waals surface area (Å²) in [5.74, 6) is -1.06. The van der Waals surface area contributed by atoms with Crippen LogP contribution in [0.25, 0.3) is 0 Å². The van der Waals surface area contributed by atoms with Gasteiger partial charge < -0.3 is 0 Å². The average Bonchev–Trinajstić information content (AvgIpc) is 3.16. The maximum Gasteiger partial charge on any atom is 0.262 e. The molecule has 0 atom stereocenters. The molecule has 3 amide bonds. The SMILES string of the molecule is CCC(CC)c1nnc(NC(=O)CN2C(=O)c3ccccc3C2=O)s1. The molecule has 0 aliphatic carbocycles. The lowest BCUT2D eigenvalue weighted by molar-refractivity contribution is -0.116. The van der Waals surface area contributed by atoms with Crippen LogP contribution in [0.2, 0.25) is 0 Å². The van der Waals surface area contributed by atoms with E-state index >= 15 is 0 Å². The number of carbonyl (C=O) groups is 3. The smallest absolute Gasteiger partial charge is 0.262 e. The maximum absolute atomic E-state index is 12.3. The number of hydrogen-bond donors (Lipinski definition) is 1. The summed E-state index contributed by atoms with van der Waals surface area (Å²) in [4.78, 5) is 37.7. The minimum atomic E-state index is -0.471. The van der Waals surface area contributed by atoms with Crippen molar-refractivity contribution < 1.29 is 14.4 Å². The van der Waals surface area contributed by atoms with E-state index in [9.17, 15) is 14.4 Å². The highest BCUT2D eigenvalue weighted by atomic mass is 32.1. The molecule has 0 fully saturated rings. The van der Waals surface area contributed by atoms with E-state index in [0.717, 1.165) is 22.7 Å². The van der Waals surface area contributed by atoms with Crippen molar-refractivity contribution in [3.05, 3.63) is 40.4 Å². The zero-order valence-corrected chi connectivity index (χ0v) is 14.8. The van der Waals surface area contributed by atoms with Crippen LogP contribution in [-0.2, 0) is 4.79 Å². The van der Waals surface area contributed by atoms with E-state index in [0.29, 0.717) is 22.2 Å². The molecule has 25 heavy (non-hydrogen) atoms. The number of imide groups is 1. The molecule has 8 heteroatoms. The molecule has 1 aliphatic heterocycles. The van der Waals surface area contributed by atoms with Crippen LogP contribution in [0.4, 0.5) is 5.13 Å². The first kappa shape index (κ1) is 17.2. The number of nitrogens with zero attached hydrogens (tertiary/aromatic N) is 3. The number of benzene rings is 1. The summed E-state index contributed by atoms with van der Waals surface area (Å²) in [7, 11) is 0. The predicted octanol–water partition coefficient (Wildman–Crippen LogP) is 2.68. The summed E-state index contributed by atoms with van der Waals surface area (Å²) >= 11 is 1.32. The number of carbonyl (C=O) groups excluding carboxylic acids is 3. The van der Waals surface area contributed by atoms with E-state index in [1.165, 1.54) is 11.3 Å². The molecule has 7 nitrogen and oxygen atoms in total. The summed E-state index contributed by atoms with van der Waals surface area (Å²) in [6.07, 6.45) is 1.90. The monoisotopic (exact) mass is 358 g/mol. The quantitative estimate of drug-likeness (QED) is 0.802. The van der Waals surface area contributed by atoms with E-state index in [-0.39, 0.29) is 6.54 Å². The Kier molecular flexibility index (Phi) is 4.89. The summed E-state index contributed by atoms with van der Waals surface area (Å²) in [5, 5.41) is 12.0. The maximum atomic E-state index is 12.3. The van der Waals surface area contributed by atoms with Gasteiger partial charge in [-0.15, -0.1) is 10.2 Å². The molecular weight excluding hydrogens is 340 g/mol. The average molecular weight is 358 g/mol. The highest BCUT2D eigenvalue weighted by molar-refractivity contribution is 7.15. The molecule has 1 aromatic heterocycles. The summed E-state index contributed by atoms with van der Waals surface area (Å²) in [6.45, 7) is 3.82. The first-order valence-corrected chi connectivity index (χ1v) is 8.95. The van der Waals surface area contributed by atoms with Gasteiger partial charge >= 0.3 is 0 Å². The third-order valence-corrected chi connectivity index (χ3v) is 5.20. The van der Waals surface area contributed by atoms with Gasteiger partial charge in [0.2, 0.25) is 11.0 Å². The summed E-state index contributed by atoms with van der Waals surface area (Å²) in [6, 6.07) is 6.54. The van der Waals surface area contributed by atoms with Crippen LogP contribution in [0.3, 0.4) is 0 Å². The van der Waals surface area contributed by atoms with E-state index in [1.54, 1.807) is 24.3 Å². The van der Waals surface area contributed by atoms with Crippen molar-refractivity contribution in [2.24, 2.45) is 0 Å². The standard InChI is InChI=1S/C17H18N4O3S/c1-3-10(4-2)14-19-20-17(25-14)18-13(22)9-21-15(23)11-7-5-6-8-12(11)16(21)24/h5-8,10H,3-4,9H2,1-2H3,(H,18,20,22). The van der Waals surface area contributed by atoms with Crippen LogP contribution in [-0.4, -0.2) is 39.4 Å². The van der Waals surface area contributed by atoms with E-state index in [2.05, 4.69) is 29.4 Å². The minimum absolute atomic E-state index is 0.319. The summed E-state index contributed by atoms with van der Waals surface area (Å²) < 4.78 is 0. The molecule has 2 heterocycles. The van der Waals surface area contributed by atoms with Gasteiger partial charge in [-0.25, -0.2) is 0 Å². The molecule has 1 N–H and O–H groups in total. The Labute approximate surface area is 149 Å². The van der Waals surface area contributed by atoms with Gasteiger partial charge in [-0.05, 0) is 25.0 Å². The fourth-order valence-corrected chi connectivity index (χ4v) is 3.80. The van der Waals surface area contributed by atoms with Gasteiger partial charge in [0.05, 0.1) is 11.1 Å². The minimum Gasteiger partial charge on any atom is -0.299 e. The third-order valence-electron chi connectivity index (χ3n) is 4.20. The van der Waals surface area contributed by atoms with Crippen molar-refractivity contribution in [3.63, 3.8) is 0 Å². The van der Waals surface area contributed by atoms with Crippen molar-refractivity contribution >= 4 is 34.2 Å². The molecule has 0 unspecified atom stereocenters. The topological polar surface area (TPSA) is 92.3 Å². The molecule has 2 aromatic rings. The van der Waals surface area contributed by atoms with Crippen molar-refractivity contribution in [2.45, 2.75) is 32.6 Å². The Morgan fingerprint density at radius 3 is 2.28 bits per heavy atom. The first-order valence-electron chi connectivity index (χ1n) is 8.13.